The van der Waals surface area contributed by atoms with Crippen molar-refractivity contribution in [2.75, 3.05) is 0 Å². The maximum absolute atomic E-state index is 13.1. The number of aliphatic carboxylic acids is 2. The van der Waals surface area contributed by atoms with Crippen LogP contribution in [0.1, 0.15) is 44.5 Å². The molecule has 208 valence electrons. The molecular weight excluding hydrogens is 500 g/mol. The zero-order valence-electron chi connectivity index (χ0n) is 21.1. The van der Waals surface area contributed by atoms with Crippen molar-refractivity contribution < 1.29 is 34.2 Å². The summed E-state index contributed by atoms with van der Waals surface area (Å²) in [5, 5.41) is 26.0. The van der Waals surface area contributed by atoms with Crippen molar-refractivity contribution in [1.29, 1.82) is 0 Å². The third-order valence-corrected chi connectivity index (χ3v) is 5.54. The molecule has 0 bridgehead atoms. The fraction of sp³-hybridized carbons (Fsp3) is 0.522. The number of hydrogen-bond donors (Lipinski definition) is 8. The van der Waals surface area contributed by atoms with Gasteiger partial charge in [0.05, 0.1) is 18.7 Å². The quantitative estimate of drug-likeness (QED) is 0.126. The van der Waals surface area contributed by atoms with Crippen LogP contribution in [0.3, 0.4) is 0 Å². The predicted molar refractivity (Wildman–Crippen MR) is 132 cm³/mol. The summed E-state index contributed by atoms with van der Waals surface area (Å²) >= 11 is 0. The van der Waals surface area contributed by atoms with Gasteiger partial charge in [0.1, 0.15) is 18.1 Å². The largest absolute Gasteiger partial charge is 0.481 e. The molecule has 0 aromatic carbocycles. The molecule has 2 aromatic rings. The van der Waals surface area contributed by atoms with Gasteiger partial charge in [-0.1, -0.05) is 13.8 Å². The zero-order chi connectivity index (χ0) is 28.2. The SMILES string of the molecule is CC(C)CC(NC(=O)C(N)Cc1cnc[nH]1)C(=O)NC(CCC(=O)O)C(=O)NC(Cc1cnc[nH]1)C(=O)O. The van der Waals surface area contributed by atoms with E-state index in [9.17, 15) is 29.1 Å². The van der Waals surface area contributed by atoms with Gasteiger partial charge in [0.15, 0.2) is 0 Å². The van der Waals surface area contributed by atoms with Crippen molar-refractivity contribution in [1.82, 2.24) is 35.9 Å². The number of imidazole rings is 2. The summed E-state index contributed by atoms with van der Waals surface area (Å²) in [4.78, 5) is 74.9. The number of nitrogens with zero attached hydrogens (tertiary/aromatic N) is 2. The molecule has 38 heavy (non-hydrogen) atoms. The van der Waals surface area contributed by atoms with Crippen molar-refractivity contribution in [3.63, 3.8) is 0 Å². The lowest BCUT2D eigenvalue weighted by Crippen LogP contribution is -2.57. The second-order valence-corrected chi connectivity index (χ2v) is 9.25. The van der Waals surface area contributed by atoms with Crippen LogP contribution in [-0.2, 0) is 36.8 Å². The number of H-pyrrole nitrogens is 2. The van der Waals surface area contributed by atoms with Gasteiger partial charge in [-0.25, -0.2) is 14.8 Å². The Bertz CT molecular complexity index is 1070. The summed E-state index contributed by atoms with van der Waals surface area (Å²) in [6.45, 7) is 3.66. The maximum Gasteiger partial charge on any atom is 0.326 e. The average Bonchev–Trinajstić information content (AvgIpc) is 3.54. The molecule has 0 spiro atoms. The number of rotatable bonds is 16. The molecule has 15 nitrogen and oxygen atoms in total. The van der Waals surface area contributed by atoms with Crippen molar-refractivity contribution in [3.05, 3.63) is 36.4 Å². The summed E-state index contributed by atoms with van der Waals surface area (Å²) in [6, 6.07) is -4.79. The first kappa shape index (κ1) is 30.0. The average molecular weight is 535 g/mol. The van der Waals surface area contributed by atoms with E-state index in [1.165, 1.54) is 25.0 Å². The van der Waals surface area contributed by atoms with E-state index >= 15 is 0 Å². The Balaban J connectivity index is 2.12. The van der Waals surface area contributed by atoms with Crippen LogP contribution in [0.2, 0.25) is 0 Å². The topological polar surface area (TPSA) is 245 Å². The fourth-order valence-corrected chi connectivity index (χ4v) is 3.61. The fourth-order valence-electron chi connectivity index (χ4n) is 3.61. The number of hydrogen-bond acceptors (Lipinski definition) is 8. The van der Waals surface area contributed by atoms with Gasteiger partial charge in [0, 0.05) is 43.0 Å². The van der Waals surface area contributed by atoms with Gasteiger partial charge in [0.25, 0.3) is 0 Å². The number of aromatic amines is 2. The monoisotopic (exact) mass is 534 g/mol. The number of carboxylic acids is 2. The van der Waals surface area contributed by atoms with Crippen LogP contribution < -0.4 is 21.7 Å². The number of carbonyl (C=O) groups is 5. The Morgan fingerprint density at radius 2 is 1.37 bits per heavy atom. The summed E-state index contributed by atoms with van der Waals surface area (Å²) in [6.07, 6.45) is 5.21. The lowest BCUT2D eigenvalue weighted by Gasteiger charge is -2.26. The maximum atomic E-state index is 13.1. The van der Waals surface area contributed by atoms with Crippen LogP contribution in [0.4, 0.5) is 0 Å². The minimum Gasteiger partial charge on any atom is -0.481 e. The molecule has 2 aromatic heterocycles. The number of nitrogens with one attached hydrogen (secondary N) is 5. The Labute approximate surface area is 218 Å². The van der Waals surface area contributed by atoms with Gasteiger partial charge in [0.2, 0.25) is 17.7 Å². The lowest BCUT2D eigenvalue weighted by atomic mass is 10.0. The van der Waals surface area contributed by atoms with E-state index in [0.717, 1.165) is 0 Å². The molecule has 15 heteroatoms. The summed E-state index contributed by atoms with van der Waals surface area (Å²) in [5.41, 5.74) is 7.06. The molecule has 0 aliphatic carbocycles. The van der Waals surface area contributed by atoms with Gasteiger partial charge >= 0.3 is 11.9 Å². The van der Waals surface area contributed by atoms with Gasteiger partial charge in [-0.05, 0) is 18.8 Å². The molecule has 0 fully saturated rings. The van der Waals surface area contributed by atoms with Crippen molar-refractivity contribution in [2.24, 2.45) is 11.7 Å². The number of carboxylic acid groups (broad SMARTS) is 2. The normalized spacial score (nSPS) is 14.2. The zero-order valence-corrected chi connectivity index (χ0v) is 21.1. The second kappa shape index (κ2) is 14.5. The molecule has 0 aliphatic heterocycles. The number of aromatic nitrogens is 4. The van der Waals surface area contributed by atoms with E-state index in [0.29, 0.717) is 11.4 Å². The minimum absolute atomic E-state index is 0.0352. The summed E-state index contributed by atoms with van der Waals surface area (Å²) < 4.78 is 0. The highest BCUT2D eigenvalue weighted by atomic mass is 16.4. The molecule has 2 heterocycles. The molecule has 0 saturated heterocycles. The van der Waals surface area contributed by atoms with Crippen LogP contribution in [0, 0.1) is 5.92 Å². The standard InChI is InChI=1S/C23H34N8O7/c1-12(2)5-17(30-20(34)15(24)6-13-8-25-10-27-13)22(36)29-16(3-4-19(32)33)21(35)31-18(23(37)38)7-14-9-26-11-28-14/h8-12,15-18H,3-7,24H2,1-2H3,(H,25,27)(H,26,28)(H,29,36)(H,30,34)(H,31,35)(H,32,33)(H,37,38). The highest BCUT2D eigenvalue weighted by Crippen LogP contribution is 2.09. The van der Waals surface area contributed by atoms with E-state index in [2.05, 4.69) is 35.9 Å². The van der Waals surface area contributed by atoms with Crippen LogP contribution in [0.25, 0.3) is 0 Å². The molecule has 0 aliphatic rings. The molecule has 3 amide bonds. The molecule has 4 unspecified atom stereocenters. The van der Waals surface area contributed by atoms with Crippen molar-refractivity contribution in [2.45, 2.75) is 70.1 Å². The summed E-state index contributed by atoms with van der Waals surface area (Å²) in [5.74, 6) is -4.78. The van der Waals surface area contributed by atoms with Crippen LogP contribution in [0.5, 0.6) is 0 Å². The predicted octanol–water partition coefficient (Wildman–Crippen LogP) is -1.30. The molecule has 2 rings (SSSR count). The Hall–Kier alpha value is -4.27. The number of nitrogens with two attached hydrogens (primary N) is 1. The number of carbonyl (C=O) groups excluding carboxylic acids is 3. The van der Waals surface area contributed by atoms with Crippen molar-refractivity contribution in [3.8, 4) is 0 Å². The Morgan fingerprint density at radius 1 is 0.842 bits per heavy atom. The van der Waals surface area contributed by atoms with Gasteiger partial charge in [-0.15, -0.1) is 0 Å². The first-order chi connectivity index (χ1) is 18.0. The van der Waals surface area contributed by atoms with Crippen molar-refractivity contribution >= 4 is 29.7 Å². The highest BCUT2D eigenvalue weighted by molar-refractivity contribution is 5.94. The van der Waals surface area contributed by atoms with E-state index in [-0.39, 0.29) is 31.6 Å². The third kappa shape index (κ3) is 10.0. The van der Waals surface area contributed by atoms with E-state index < -0.39 is 60.2 Å². The lowest BCUT2D eigenvalue weighted by molar-refractivity contribution is -0.143. The van der Waals surface area contributed by atoms with Gasteiger partial charge in [-0.2, -0.15) is 0 Å². The van der Waals surface area contributed by atoms with Gasteiger partial charge in [-0.3, -0.25) is 19.2 Å². The van der Waals surface area contributed by atoms with Gasteiger partial charge < -0.3 is 41.9 Å². The van der Waals surface area contributed by atoms with E-state index in [1.807, 2.05) is 13.8 Å². The summed E-state index contributed by atoms with van der Waals surface area (Å²) in [7, 11) is 0. The van der Waals surface area contributed by atoms with Crippen LogP contribution >= 0.6 is 0 Å². The highest BCUT2D eigenvalue weighted by Gasteiger charge is 2.31. The Kier molecular flexibility index (Phi) is 11.4. The molecule has 4 atom stereocenters. The first-order valence-corrected chi connectivity index (χ1v) is 12.0. The second-order valence-electron chi connectivity index (χ2n) is 9.25. The number of amides is 3. The van der Waals surface area contributed by atoms with E-state index in [4.69, 9.17) is 10.8 Å². The molecule has 9 N–H and O–H groups in total. The Morgan fingerprint density at radius 3 is 1.87 bits per heavy atom. The molecule has 0 saturated carbocycles. The molecule has 0 radical (unpaired) electrons. The minimum atomic E-state index is -1.37. The van der Waals surface area contributed by atoms with Crippen LogP contribution in [-0.4, -0.2) is 84.0 Å². The van der Waals surface area contributed by atoms with Crippen LogP contribution in [0.15, 0.2) is 25.0 Å². The van der Waals surface area contributed by atoms with E-state index in [1.54, 1.807) is 0 Å². The molecular formula is C23H34N8O7. The third-order valence-electron chi connectivity index (χ3n) is 5.54. The smallest absolute Gasteiger partial charge is 0.326 e. The first-order valence-electron chi connectivity index (χ1n) is 12.0.